The fourth-order valence-corrected chi connectivity index (χ4v) is 8.03. The molecule has 54 heavy (non-hydrogen) atoms. The number of hydrogen-bond donors (Lipinski definition) is 0. The van der Waals surface area contributed by atoms with E-state index in [1.807, 2.05) is 0 Å². The standard InChI is InChI=1S/C49H31N5/c1-2-13-32(14-3-1)35-27-28-46-42(31-35)41-21-8-9-22-43(41)53(46)38-18-12-17-36(30-38)47-50-48(37-26-25-33-15-4-5-16-34(33)29-37)52-49(51-47)54-44-23-10-6-19-39(44)40-20-7-11-24-45(40)54/h1-31H. The van der Waals surface area contributed by atoms with Crippen LogP contribution in [0.15, 0.2) is 188 Å². The van der Waals surface area contributed by atoms with Crippen molar-refractivity contribution in [3.05, 3.63) is 188 Å². The predicted molar refractivity (Wildman–Crippen MR) is 222 cm³/mol. The summed E-state index contributed by atoms with van der Waals surface area (Å²) in [5, 5.41) is 7.05. The Kier molecular flexibility index (Phi) is 6.79. The Bertz CT molecular complexity index is 3170. The molecule has 0 spiro atoms. The number of aromatic nitrogens is 5. The summed E-state index contributed by atoms with van der Waals surface area (Å²) in [5.74, 6) is 1.81. The molecule has 0 saturated heterocycles. The first-order valence-electron chi connectivity index (χ1n) is 18.2. The van der Waals surface area contributed by atoms with Gasteiger partial charge >= 0.3 is 0 Å². The Hall–Kier alpha value is -7.37. The van der Waals surface area contributed by atoms with Gasteiger partial charge in [0.05, 0.1) is 22.1 Å². The van der Waals surface area contributed by atoms with Crippen LogP contribution in [0.1, 0.15) is 0 Å². The third-order valence-corrected chi connectivity index (χ3v) is 10.6. The average molecular weight is 690 g/mol. The molecule has 0 saturated carbocycles. The van der Waals surface area contributed by atoms with Crippen molar-refractivity contribution < 1.29 is 0 Å². The number of para-hydroxylation sites is 3. The highest BCUT2D eigenvalue weighted by molar-refractivity contribution is 6.11. The van der Waals surface area contributed by atoms with E-state index in [2.05, 4.69) is 197 Å². The van der Waals surface area contributed by atoms with Crippen molar-refractivity contribution >= 4 is 54.4 Å². The minimum Gasteiger partial charge on any atom is -0.309 e. The maximum Gasteiger partial charge on any atom is 0.238 e. The lowest BCUT2D eigenvalue weighted by Gasteiger charge is -2.13. The maximum absolute atomic E-state index is 5.26. The number of rotatable bonds is 5. The van der Waals surface area contributed by atoms with Crippen molar-refractivity contribution in [2.24, 2.45) is 0 Å². The molecular weight excluding hydrogens is 659 g/mol. The van der Waals surface area contributed by atoms with Crippen LogP contribution in [0.4, 0.5) is 0 Å². The molecule has 0 atom stereocenters. The van der Waals surface area contributed by atoms with Crippen LogP contribution >= 0.6 is 0 Å². The van der Waals surface area contributed by atoms with Gasteiger partial charge in [-0.2, -0.15) is 9.97 Å². The highest BCUT2D eigenvalue weighted by atomic mass is 15.2. The van der Waals surface area contributed by atoms with Gasteiger partial charge in [0.2, 0.25) is 5.95 Å². The van der Waals surface area contributed by atoms with Crippen LogP contribution in [0.5, 0.6) is 0 Å². The zero-order valence-corrected chi connectivity index (χ0v) is 29.1. The van der Waals surface area contributed by atoms with E-state index in [0.29, 0.717) is 17.6 Å². The first-order valence-corrected chi connectivity index (χ1v) is 18.2. The largest absolute Gasteiger partial charge is 0.309 e. The Morgan fingerprint density at radius 2 is 0.833 bits per heavy atom. The molecule has 0 amide bonds. The molecular formula is C49H31N5. The van der Waals surface area contributed by atoms with Crippen LogP contribution in [-0.2, 0) is 0 Å². The zero-order chi connectivity index (χ0) is 35.6. The van der Waals surface area contributed by atoms with Crippen molar-refractivity contribution in [1.29, 1.82) is 0 Å². The van der Waals surface area contributed by atoms with Crippen LogP contribution in [-0.4, -0.2) is 24.1 Å². The predicted octanol–water partition coefficient (Wildman–Crippen LogP) is 12.2. The van der Waals surface area contributed by atoms with E-state index in [4.69, 9.17) is 15.0 Å². The molecule has 0 aliphatic carbocycles. The van der Waals surface area contributed by atoms with Crippen molar-refractivity contribution in [3.63, 3.8) is 0 Å². The van der Waals surface area contributed by atoms with Gasteiger partial charge in [-0.15, -0.1) is 0 Å². The van der Waals surface area contributed by atoms with E-state index in [1.54, 1.807) is 0 Å². The van der Waals surface area contributed by atoms with Gasteiger partial charge in [0.15, 0.2) is 11.6 Å². The number of fused-ring (bicyclic) bond motifs is 7. The summed E-state index contributed by atoms with van der Waals surface area (Å²) in [6.45, 7) is 0. The molecule has 0 radical (unpaired) electrons. The second-order valence-electron chi connectivity index (χ2n) is 13.7. The van der Waals surface area contributed by atoms with E-state index in [-0.39, 0.29) is 0 Å². The van der Waals surface area contributed by atoms with Gasteiger partial charge in [-0.05, 0) is 70.4 Å². The normalized spacial score (nSPS) is 11.7. The zero-order valence-electron chi connectivity index (χ0n) is 29.1. The Morgan fingerprint density at radius 3 is 1.56 bits per heavy atom. The van der Waals surface area contributed by atoms with Crippen molar-refractivity contribution in [2.75, 3.05) is 0 Å². The summed E-state index contributed by atoms with van der Waals surface area (Å²) >= 11 is 0. The van der Waals surface area contributed by atoms with Crippen LogP contribution in [0.25, 0.3) is 99.9 Å². The van der Waals surface area contributed by atoms with Gasteiger partial charge in [-0.1, -0.05) is 140 Å². The summed E-state index contributed by atoms with van der Waals surface area (Å²) in [6, 6.07) is 66.3. The van der Waals surface area contributed by atoms with Crippen LogP contribution in [0.2, 0.25) is 0 Å². The Labute approximate surface area is 311 Å². The summed E-state index contributed by atoms with van der Waals surface area (Å²) in [7, 11) is 0. The molecule has 0 aliphatic rings. The molecule has 0 aliphatic heterocycles. The summed E-state index contributed by atoms with van der Waals surface area (Å²) in [4.78, 5) is 15.7. The van der Waals surface area contributed by atoms with Crippen molar-refractivity contribution in [3.8, 4) is 45.5 Å². The summed E-state index contributed by atoms with van der Waals surface area (Å²) in [5.41, 5.74) is 9.68. The van der Waals surface area contributed by atoms with Crippen molar-refractivity contribution in [2.45, 2.75) is 0 Å². The number of benzene rings is 8. The highest BCUT2D eigenvalue weighted by Gasteiger charge is 2.19. The molecule has 11 rings (SSSR count). The van der Waals surface area contributed by atoms with E-state index >= 15 is 0 Å². The summed E-state index contributed by atoms with van der Waals surface area (Å²) < 4.78 is 4.52. The average Bonchev–Trinajstić information content (AvgIpc) is 3.76. The summed E-state index contributed by atoms with van der Waals surface area (Å²) in [6.07, 6.45) is 0. The molecule has 3 heterocycles. The molecule has 5 heteroatoms. The second kappa shape index (κ2) is 12.1. The van der Waals surface area contributed by atoms with E-state index in [0.717, 1.165) is 55.0 Å². The van der Waals surface area contributed by atoms with Crippen molar-refractivity contribution in [1.82, 2.24) is 24.1 Å². The molecule has 8 aromatic carbocycles. The third kappa shape index (κ3) is 4.83. The van der Waals surface area contributed by atoms with Crippen LogP contribution in [0.3, 0.4) is 0 Å². The highest BCUT2D eigenvalue weighted by Crippen LogP contribution is 2.37. The molecule has 252 valence electrons. The van der Waals surface area contributed by atoms with Crippen LogP contribution < -0.4 is 0 Å². The van der Waals surface area contributed by atoms with Crippen LogP contribution in [0, 0.1) is 0 Å². The quantitative estimate of drug-likeness (QED) is 0.181. The van der Waals surface area contributed by atoms with E-state index in [1.165, 1.54) is 27.3 Å². The van der Waals surface area contributed by atoms with E-state index in [9.17, 15) is 0 Å². The Balaban J connectivity index is 1.13. The Morgan fingerprint density at radius 1 is 0.296 bits per heavy atom. The smallest absolute Gasteiger partial charge is 0.238 e. The molecule has 0 bridgehead atoms. The number of hydrogen-bond acceptors (Lipinski definition) is 3. The van der Waals surface area contributed by atoms with Gasteiger partial charge in [-0.25, -0.2) is 4.98 Å². The van der Waals surface area contributed by atoms with Gasteiger partial charge < -0.3 is 4.57 Å². The molecule has 5 nitrogen and oxygen atoms in total. The molecule has 3 aromatic heterocycles. The van der Waals surface area contributed by atoms with Gasteiger partial charge in [0.1, 0.15) is 0 Å². The molecule has 11 aromatic rings. The molecule has 0 N–H and O–H groups in total. The lowest BCUT2D eigenvalue weighted by molar-refractivity contribution is 0.953. The molecule has 0 fully saturated rings. The molecule has 0 unspecified atom stereocenters. The van der Waals surface area contributed by atoms with Gasteiger partial charge in [0, 0.05) is 38.4 Å². The minimum atomic E-state index is 0.580. The van der Waals surface area contributed by atoms with Gasteiger partial charge in [-0.3, -0.25) is 4.57 Å². The second-order valence-corrected chi connectivity index (χ2v) is 13.7. The topological polar surface area (TPSA) is 48.5 Å². The number of nitrogens with zero attached hydrogens (tertiary/aromatic N) is 5. The monoisotopic (exact) mass is 689 g/mol. The first-order chi connectivity index (χ1) is 26.8. The van der Waals surface area contributed by atoms with Gasteiger partial charge in [0.25, 0.3) is 0 Å². The van der Waals surface area contributed by atoms with E-state index < -0.39 is 0 Å². The maximum atomic E-state index is 5.26. The lowest BCUT2D eigenvalue weighted by Crippen LogP contribution is -2.06. The minimum absolute atomic E-state index is 0.580. The fraction of sp³-hybridized carbons (Fsp3) is 0. The third-order valence-electron chi connectivity index (χ3n) is 10.6. The SMILES string of the molecule is c1ccc(-c2ccc3c(c2)c2ccccc2n3-c2cccc(-c3nc(-c4ccc5ccccc5c4)nc(-n4c5ccccc5c5ccccc54)n3)c2)cc1. The fourth-order valence-electron chi connectivity index (χ4n) is 8.03. The first kappa shape index (κ1) is 30.3. The lowest BCUT2D eigenvalue weighted by atomic mass is 10.0.